The van der Waals surface area contributed by atoms with Crippen molar-refractivity contribution in [3.8, 4) is 0 Å². The van der Waals surface area contributed by atoms with Crippen molar-refractivity contribution in [3.05, 3.63) is 35.9 Å². The average Bonchev–Trinajstić information content (AvgIpc) is 2.72. The van der Waals surface area contributed by atoms with Crippen molar-refractivity contribution in [2.45, 2.75) is 51.4 Å². The van der Waals surface area contributed by atoms with E-state index in [-0.39, 0.29) is 11.3 Å². The molecule has 1 saturated heterocycles. The van der Waals surface area contributed by atoms with E-state index in [0.717, 1.165) is 45.3 Å². The number of amides is 1. The minimum Gasteiger partial charge on any atom is -0.356 e. The Kier molecular flexibility index (Phi) is 7.95. The van der Waals surface area contributed by atoms with Gasteiger partial charge in [-0.2, -0.15) is 0 Å². The minimum absolute atomic E-state index is 0.0652. The van der Waals surface area contributed by atoms with E-state index in [1.165, 1.54) is 12.0 Å². The van der Waals surface area contributed by atoms with Gasteiger partial charge in [-0.15, -0.1) is 0 Å². The molecule has 1 amide bonds. The molecule has 0 spiro atoms. The van der Waals surface area contributed by atoms with E-state index in [1.54, 1.807) is 7.05 Å². The van der Waals surface area contributed by atoms with E-state index in [2.05, 4.69) is 59.8 Å². The average molecular weight is 359 g/mol. The first-order valence-corrected chi connectivity index (χ1v) is 9.93. The smallest absolute Gasteiger partial charge is 0.241 e. The fourth-order valence-corrected chi connectivity index (χ4v) is 3.69. The quantitative estimate of drug-likeness (QED) is 0.582. The van der Waals surface area contributed by atoms with Crippen LogP contribution in [0.2, 0.25) is 0 Å². The molecule has 0 aromatic heterocycles. The van der Waals surface area contributed by atoms with E-state index in [0.29, 0.717) is 12.5 Å². The van der Waals surface area contributed by atoms with Crippen LogP contribution in [0.1, 0.15) is 51.5 Å². The van der Waals surface area contributed by atoms with Gasteiger partial charge in [0.25, 0.3) is 0 Å². The van der Waals surface area contributed by atoms with Crippen molar-refractivity contribution in [1.29, 1.82) is 0 Å². The monoisotopic (exact) mass is 358 g/mol. The second-order valence-electron chi connectivity index (χ2n) is 7.07. The van der Waals surface area contributed by atoms with Crippen LogP contribution in [0.5, 0.6) is 0 Å². The number of aliphatic imine (C=N–C) groups is 1. The van der Waals surface area contributed by atoms with Crippen molar-refractivity contribution in [3.63, 3.8) is 0 Å². The van der Waals surface area contributed by atoms with Gasteiger partial charge in [-0.05, 0) is 37.7 Å². The number of hydrogen-bond acceptors (Lipinski definition) is 2. The first kappa shape index (κ1) is 20.3. The van der Waals surface area contributed by atoms with Crippen LogP contribution in [0.3, 0.4) is 0 Å². The maximum absolute atomic E-state index is 12.3. The fraction of sp³-hybridized carbons (Fsp3) is 0.619. The first-order chi connectivity index (χ1) is 12.6. The van der Waals surface area contributed by atoms with Gasteiger partial charge in [0.05, 0.1) is 6.54 Å². The SMILES string of the molecule is CCC(CC)(CNC(=NC)NCC(=O)N1CCCCC1)c1ccccc1. The van der Waals surface area contributed by atoms with Crippen molar-refractivity contribution >= 4 is 11.9 Å². The second-order valence-corrected chi connectivity index (χ2v) is 7.07. The van der Waals surface area contributed by atoms with Gasteiger partial charge in [0, 0.05) is 32.1 Å². The minimum atomic E-state index is 0.0652. The van der Waals surface area contributed by atoms with Gasteiger partial charge < -0.3 is 15.5 Å². The van der Waals surface area contributed by atoms with Crippen molar-refractivity contribution in [2.75, 3.05) is 33.2 Å². The highest BCUT2D eigenvalue weighted by molar-refractivity contribution is 5.86. The summed E-state index contributed by atoms with van der Waals surface area (Å²) in [6.07, 6.45) is 5.56. The molecule has 5 heteroatoms. The molecule has 0 aliphatic carbocycles. The lowest BCUT2D eigenvalue weighted by molar-refractivity contribution is -0.130. The molecule has 1 aromatic rings. The Morgan fingerprint density at radius 2 is 1.73 bits per heavy atom. The summed E-state index contributed by atoms with van der Waals surface area (Å²) < 4.78 is 0. The molecule has 5 nitrogen and oxygen atoms in total. The van der Waals surface area contributed by atoms with Crippen molar-refractivity contribution < 1.29 is 4.79 Å². The lowest BCUT2D eigenvalue weighted by Crippen LogP contribution is -2.49. The van der Waals surface area contributed by atoms with Gasteiger partial charge in [0.2, 0.25) is 5.91 Å². The van der Waals surface area contributed by atoms with Crippen LogP contribution in [0.4, 0.5) is 0 Å². The van der Waals surface area contributed by atoms with E-state index < -0.39 is 0 Å². The number of likely N-dealkylation sites (tertiary alicyclic amines) is 1. The summed E-state index contributed by atoms with van der Waals surface area (Å²) in [5.74, 6) is 0.852. The molecule has 1 aliphatic rings. The van der Waals surface area contributed by atoms with Gasteiger partial charge in [0.15, 0.2) is 5.96 Å². The highest BCUT2D eigenvalue weighted by atomic mass is 16.2. The van der Waals surface area contributed by atoms with Crippen molar-refractivity contribution in [1.82, 2.24) is 15.5 Å². The number of hydrogen-bond donors (Lipinski definition) is 2. The number of benzene rings is 1. The Balaban J connectivity index is 1.91. The van der Waals surface area contributed by atoms with E-state index in [9.17, 15) is 4.79 Å². The molecule has 0 saturated carbocycles. The van der Waals surface area contributed by atoms with Crippen molar-refractivity contribution in [2.24, 2.45) is 4.99 Å². The van der Waals surface area contributed by atoms with E-state index in [1.807, 2.05) is 4.90 Å². The van der Waals surface area contributed by atoms with Crippen LogP contribution in [0, 0.1) is 0 Å². The number of nitrogens with one attached hydrogen (secondary N) is 2. The third kappa shape index (κ3) is 5.23. The van der Waals surface area contributed by atoms with Gasteiger partial charge in [-0.25, -0.2) is 0 Å². The molecule has 1 fully saturated rings. The number of nitrogens with zero attached hydrogens (tertiary/aromatic N) is 2. The lowest BCUT2D eigenvalue weighted by Gasteiger charge is -2.33. The Labute approximate surface area is 158 Å². The Morgan fingerprint density at radius 3 is 2.31 bits per heavy atom. The van der Waals surface area contributed by atoms with Crippen LogP contribution >= 0.6 is 0 Å². The fourth-order valence-electron chi connectivity index (χ4n) is 3.69. The second kappa shape index (κ2) is 10.2. The van der Waals surface area contributed by atoms with Crippen LogP contribution in [-0.2, 0) is 10.2 Å². The molecular formula is C21H34N4O. The number of guanidine groups is 1. The molecule has 0 unspecified atom stereocenters. The molecule has 144 valence electrons. The molecule has 2 N–H and O–H groups in total. The van der Waals surface area contributed by atoms with Gasteiger partial charge >= 0.3 is 0 Å². The summed E-state index contributed by atoms with van der Waals surface area (Å²) >= 11 is 0. The third-order valence-electron chi connectivity index (χ3n) is 5.67. The van der Waals surface area contributed by atoms with Gasteiger partial charge in [-0.1, -0.05) is 44.2 Å². The van der Waals surface area contributed by atoms with Crippen LogP contribution in [-0.4, -0.2) is 50.0 Å². The maximum atomic E-state index is 12.3. The molecule has 1 aliphatic heterocycles. The molecular weight excluding hydrogens is 324 g/mol. The summed E-state index contributed by atoms with van der Waals surface area (Å²) in [6, 6.07) is 10.6. The van der Waals surface area contributed by atoms with Crippen LogP contribution < -0.4 is 10.6 Å². The Hall–Kier alpha value is -2.04. The molecule has 26 heavy (non-hydrogen) atoms. The van der Waals surface area contributed by atoms with Crippen LogP contribution in [0.15, 0.2) is 35.3 Å². The Bertz CT molecular complexity index is 575. The molecule has 1 aromatic carbocycles. The summed E-state index contributed by atoms with van der Waals surface area (Å²) in [5, 5.41) is 6.62. The lowest BCUT2D eigenvalue weighted by atomic mass is 9.76. The van der Waals surface area contributed by atoms with E-state index >= 15 is 0 Å². The summed E-state index contributed by atoms with van der Waals surface area (Å²) in [5.41, 5.74) is 1.41. The third-order valence-corrected chi connectivity index (χ3v) is 5.67. The zero-order valence-electron chi connectivity index (χ0n) is 16.6. The summed E-state index contributed by atoms with van der Waals surface area (Å²) in [7, 11) is 1.75. The topological polar surface area (TPSA) is 56.7 Å². The highest BCUT2D eigenvalue weighted by Crippen LogP contribution is 2.30. The highest BCUT2D eigenvalue weighted by Gasteiger charge is 2.28. The number of piperidine rings is 1. The normalized spacial score (nSPS) is 15.7. The molecule has 0 radical (unpaired) electrons. The zero-order valence-corrected chi connectivity index (χ0v) is 16.6. The predicted octanol–water partition coefficient (Wildman–Crippen LogP) is 2.92. The number of carbonyl (C=O) groups excluding carboxylic acids is 1. The largest absolute Gasteiger partial charge is 0.356 e. The van der Waals surface area contributed by atoms with Crippen LogP contribution in [0.25, 0.3) is 0 Å². The molecule has 1 heterocycles. The molecule has 2 rings (SSSR count). The van der Waals surface area contributed by atoms with Gasteiger partial charge in [0.1, 0.15) is 0 Å². The standard InChI is InChI=1S/C21H34N4O/c1-4-21(5-2,18-12-8-6-9-13-18)17-24-20(22-3)23-16-19(26)25-14-10-7-11-15-25/h6,8-9,12-13H,4-5,7,10-11,14-17H2,1-3H3,(H2,22,23,24). The summed E-state index contributed by atoms with van der Waals surface area (Å²) in [4.78, 5) is 18.6. The predicted molar refractivity (Wildman–Crippen MR) is 108 cm³/mol. The number of carbonyl (C=O) groups is 1. The maximum Gasteiger partial charge on any atom is 0.241 e. The van der Waals surface area contributed by atoms with Gasteiger partial charge in [-0.3, -0.25) is 9.79 Å². The summed E-state index contributed by atoms with van der Waals surface area (Å²) in [6.45, 7) is 7.32. The molecule has 0 bridgehead atoms. The first-order valence-electron chi connectivity index (χ1n) is 9.93. The molecule has 0 atom stereocenters. The zero-order chi connectivity index (χ0) is 18.8. The Morgan fingerprint density at radius 1 is 1.08 bits per heavy atom. The number of rotatable bonds is 7. The van der Waals surface area contributed by atoms with E-state index in [4.69, 9.17) is 0 Å².